The normalized spacial score (nSPS) is 22.7. The Morgan fingerprint density at radius 2 is 1.94 bits per heavy atom. The van der Waals surface area contributed by atoms with Crippen molar-refractivity contribution in [3.63, 3.8) is 0 Å². The quantitative estimate of drug-likeness (QED) is 0.795. The summed E-state index contributed by atoms with van der Waals surface area (Å²) < 4.78 is 0. The van der Waals surface area contributed by atoms with Gasteiger partial charge in [0.05, 0.1) is 0 Å². The van der Waals surface area contributed by atoms with Crippen molar-refractivity contribution >= 4 is 0 Å². The van der Waals surface area contributed by atoms with Gasteiger partial charge in [0.1, 0.15) is 0 Å². The molecule has 18 heavy (non-hydrogen) atoms. The number of nitrogens with two attached hydrogens (primary N) is 1. The lowest BCUT2D eigenvalue weighted by atomic mass is 9.68. The predicted molar refractivity (Wildman–Crippen MR) is 79.0 cm³/mol. The molecule has 1 aliphatic carbocycles. The van der Waals surface area contributed by atoms with Gasteiger partial charge in [-0.2, -0.15) is 0 Å². The molecule has 0 aliphatic heterocycles. The summed E-state index contributed by atoms with van der Waals surface area (Å²) in [5.41, 5.74) is 11.1. The van der Waals surface area contributed by atoms with Gasteiger partial charge in [0.15, 0.2) is 0 Å². The molecule has 0 amide bonds. The molecule has 1 aromatic rings. The molecule has 1 heteroatoms. The third kappa shape index (κ3) is 2.61. The molecular weight excluding hydrogens is 218 g/mol. The van der Waals surface area contributed by atoms with E-state index in [-0.39, 0.29) is 5.41 Å². The van der Waals surface area contributed by atoms with Crippen LogP contribution in [-0.2, 0) is 11.8 Å². The maximum absolute atomic E-state index is 6.00. The first-order valence-electron chi connectivity index (χ1n) is 7.06. The Morgan fingerprint density at radius 3 is 2.50 bits per heavy atom. The van der Waals surface area contributed by atoms with Crippen molar-refractivity contribution in [1.82, 2.24) is 0 Å². The van der Waals surface area contributed by atoms with Gasteiger partial charge in [-0.25, -0.2) is 0 Å². The number of benzene rings is 1. The van der Waals surface area contributed by atoms with Gasteiger partial charge in [-0.05, 0) is 52.8 Å². The van der Waals surface area contributed by atoms with Gasteiger partial charge < -0.3 is 5.73 Å². The van der Waals surface area contributed by atoms with Gasteiger partial charge >= 0.3 is 0 Å². The summed E-state index contributed by atoms with van der Waals surface area (Å²) in [4.78, 5) is 0. The molecule has 1 atom stereocenters. The van der Waals surface area contributed by atoms with Gasteiger partial charge in [-0.1, -0.05) is 52.8 Å². The third-order valence-corrected chi connectivity index (χ3v) is 4.20. The number of rotatable bonds is 1. The third-order valence-electron chi connectivity index (χ3n) is 4.20. The molecule has 0 saturated carbocycles. The van der Waals surface area contributed by atoms with Gasteiger partial charge in [0.25, 0.3) is 0 Å². The average Bonchev–Trinajstić information content (AvgIpc) is 2.24. The molecular formula is C17H27N. The average molecular weight is 245 g/mol. The van der Waals surface area contributed by atoms with Crippen molar-refractivity contribution in [2.45, 2.75) is 58.8 Å². The van der Waals surface area contributed by atoms with E-state index in [0.29, 0.717) is 11.3 Å². The molecule has 1 aliphatic rings. The number of fused-ring (bicyclic) bond motifs is 1. The Kier molecular flexibility index (Phi) is 3.31. The Morgan fingerprint density at radius 1 is 1.28 bits per heavy atom. The first kappa shape index (κ1) is 13.6. The van der Waals surface area contributed by atoms with Crippen molar-refractivity contribution in [3.05, 3.63) is 34.9 Å². The zero-order valence-electron chi connectivity index (χ0n) is 12.5. The minimum absolute atomic E-state index is 0.223. The van der Waals surface area contributed by atoms with Gasteiger partial charge in [0.2, 0.25) is 0 Å². The molecule has 0 bridgehead atoms. The summed E-state index contributed by atoms with van der Waals surface area (Å²) in [6, 6.07) is 7.04. The van der Waals surface area contributed by atoms with E-state index in [1.165, 1.54) is 29.5 Å². The Labute approximate surface area is 112 Å². The van der Waals surface area contributed by atoms with E-state index in [1.807, 2.05) is 0 Å². The molecule has 0 saturated heterocycles. The van der Waals surface area contributed by atoms with Crippen molar-refractivity contribution < 1.29 is 0 Å². The van der Waals surface area contributed by atoms with Crippen LogP contribution in [0.3, 0.4) is 0 Å². The maximum atomic E-state index is 6.00. The van der Waals surface area contributed by atoms with Crippen LogP contribution in [0.2, 0.25) is 0 Å². The summed E-state index contributed by atoms with van der Waals surface area (Å²) in [6.45, 7) is 12.3. The van der Waals surface area contributed by atoms with Crippen LogP contribution in [0.15, 0.2) is 18.2 Å². The second kappa shape index (κ2) is 4.38. The van der Waals surface area contributed by atoms with E-state index < -0.39 is 0 Å². The zero-order chi connectivity index (χ0) is 13.6. The fourth-order valence-corrected chi connectivity index (χ4v) is 3.18. The van der Waals surface area contributed by atoms with E-state index >= 15 is 0 Å². The predicted octanol–water partition coefficient (Wildman–Crippen LogP) is 4.00. The van der Waals surface area contributed by atoms with E-state index in [9.17, 15) is 0 Å². The van der Waals surface area contributed by atoms with Crippen molar-refractivity contribution in [3.8, 4) is 0 Å². The van der Waals surface area contributed by atoms with Crippen LogP contribution in [0.5, 0.6) is 0 Å². The van der Waals surface area contributed by atoms with Gasteiger partial charge in [-0.15, -0.1) is 0 Å². The summed E-state index contributed by atoms with van der Waals surface area (Å²) in [5, 5.41) is 0. The fourth-order valence-electron chi connectivity index (χ4n) is 3.18. The van der Waals surface area contributed by atoms with Crippen LogP contribution >= 0.6 is 0 Å². The van der Waals surface area contributed by atoms with Crippen LogP contribution in [0.4, 0.5) is 0 Å². The monoisotopic (exact) mass is 245 g/mol. The molecule has 1 nitrogen and oxygen atoms in total. The lowest BCUT2D eigenvalue weighted by Gasteiger charge is -2.37. The number of hydrogen-bond acceptors (Lipinski definition) is 1. The first-order chi connectivity index (χ1) is 8.23. The Balaban J connectivity index is 2.46. The summed E-state index contributed by atoms with van der Waals surface area (Å²) in [6.07, 6.45) is 2.40. The minimum Gasteiger partial charge on any atom is -0.330 e. The highest BCUT2D eigenvalue weighted by Crippen LogP contribution is 2.42. The second-order valence-corrected chi connectivity index (χ2v) is 7.64. The van der Waals surface area contributed by atoms with E-state index in [0.717, 1.165) is 6.54 Å². The van der Waals surface area contributed by atoms with Crippen LogP contribution in [-0.4, -0.2) is 6.54 Å². The lowest BCUT2D eigenvalue weighted by Crippen LogP contribution is -2.30. The molecule has 1 aromatic carbocycles. The smallest absolute Gasteiger partial charge is 0.000793 e. The molecule has 2 N–H and O–H groups in total. The van der Waals surface area contributed by atoms with Crippen LogP contribution in [0, 0.1) is 5.41 Å². The van der Waals surface area contributed by atoms with Crippen molar-refractivity contribution in [1.29, 1.82) is 0 Å². The minimum atomic E-state index is 0.223. The highest BCUT2D eigenvalue weighted by atomic mass is 14.6. The molecule has 0 spiro atoms. The highest BCUT2D eigenvalue weighted by Gasteiger charge is 2.32. The molecule has 0 fully saturated rings. The second-order valence-electron chi connectivity index (χ2n) is 7.64. The number of hydrogen-bond donors (Lipinski definition) is 1. The van der Waals surface area contributed by atoms with Crippen LogP contribution in [0.1, 0.15) is 63.6 Å². The highest BCUT2D eigenvalue weighted by molar-refractivity contribution is 5.40. The van der Waals surface area contributed by atoms with Gasteiger partial charge in [-0.3, -0.25) is 0 Å². The van der Waals surface area contributed by atoms with Crippen molar-refractivity contribution in [2.24, 2.45) is 11.1 Å². The molecule has 100 valence electrons. The largest absolute Gasteiger partial charge is 0.330 e. The topological polar surface area (TPSA) is 26.0 Å². The molecule has 0 aromatic heterocycles. The summed E-state index contributed by atoms with van der Waals surface area (Å²) >= 11 is 0. The fraction of sp³-hybridized carbons (Fsp3) is 0.647. The van der Waals surface area contributed by atoms with E-state index in [1.54, 1.807) is 0 Å². The molecule has 1 unspecified atom stereocenters. The van der Waals surface area contributed by atoms with Crippen LogP contribution in [0.25, 0.3) is 0 Å². The molecule has 2 rings (SSSR count). The van der Waals surface area contributed by atoms with Crippen molar-refractivity contribution in [2.75, 3.05) is 6.54 Å². The van der Waals surface area contributed by atoms with Crippen LogP contribution < -0.4 is 5.73 Å². The summed E-state index contributed by atoms with van der Waals surface area (Å²) in [5.74, 6) is 0.533. The van der Waals surface area contributed by atoms with E-state index in [2.05, 4.69) is 52.8 Å². The van der Waals surface area contributed by atoms with Gasteiger partial charge in [0, 0.05) is 0 Å². The molecule has 0 heterocycles. The first-order valence-corrected chi connectivity index (χ1v) is 7.06. The zero-order valence-corrected chi connectivity index (χ0v) is 12.5. The standard InChI is InChI=1S/C17H27N/c1-16(2,3)14-7-6-12-9-17(4,5)10-13(11-18)15(12)8-14/h6-8,13H,9-11,18H2,1-5H3. The Hall–Kier alpha value is -0.820. The lowest BCUT2D eigenvalue weighted by molar-refractivity contribution is 0.282. The SMILES string of the molecule is CC1(C)Cc2ccc(C(C)(C)C)cc2C(CN)C1. The summed E-state index contributed by atoms with van der Waals surface area (Å²) in [7, 11) is 0. The molecule has 0 radical (unpaired) electrons. The maximum Gasteiger partial charge on any atom is -0.000793 e. The van der Waals surface area contributed by atoms with E-state index in [4.69, 9.17) is 5.73 Å². The Bertz CT molecular complexity index is 437.